The molecule has 2 aliphatic rings. The third-order valence-electron chi connectivity index (χ3n) is 7.77. The third kappa shape index (κ3) is 5.65. The van der Waals surface area contributed by atoms with Crippen molar-refractivity contribution in [1.82, 2.24) is 19.8 Å². The van der Waals surface area contributed by atoms with Crippen molar-refractivity contribution in [2.45, 2.75) is 25.9 Å². The Kier molecular flexibility index (Phi) is 7.77. The number of hydrogen-bond donors (Lipinski definition) is 2. The second-order valence-electron chi connectivity index (χ2n) is 10.4. The first-order valence-electron chi connectivity index (χ1n) is 13.9. The predicted molar refractivity (Wildman–Crippen MR) is 163 cm³/mol. The monoisotopic (exact) mass is 598 g/mol. The van der Waals surface area contributed by atoms with Crippen LogP contribution in [0.15, 0.2) is 77.9 Å². The molecular weight excluding hydrogens is 571 g/mol. The van der Waals surface area contributed by atoms with Gasteiger partial charge in [-0.2, -0.15) is 0 Å². The number of carbonyl (C=O) groups excluding carboxylic acids is 1. The molecule has 0 bridgehead atoms. The van der Waals surface area contributed by atoms with Gasteiger partial charge in [-0.05, 0) is 55.0 Å². The van der Waals surface area contributed by atoms with Crippen LogP contribution in [0.2, 0.25) is 5.02 Å². The highest BCUT2D eigenvalue weighted by molar-refractivity contribution is 6.31. The molecular formula is C32H28ClFN6O3. The summed E-state index contributed by atoms with van der Waals surface area (Å²) in [5.74, 6) is -0.165. The second kappa shape index (κ2) is 11.8. The first-order valence-corrected chi connectivity index (χ1v) is 14.3. The van der Waals surface area contributed by atoms with Crippen LogP contribution < -0.4 is 5.32 Å². The Balaban J connectivity index is 1.23. The van der Waals surface area contributed by atoms with Gasteiger partial charge in [0.05, 0.1) is 24.0 Å². The van der Waals surface area contributed by atoms with E-state index in [1.165, 1.54) is 11.0 Å². The molecule has 1 atom stereocenters. The lowest BCUT2D eigenvalue weighted by Gasteiger charge is -2.39. The van der Waals surface area contributed by atoms with E-state index in [0.29, 0.717) is 64.3 Å². The van der Waals surface area contributed by atoms with E-state index in [9.17, 15) is 19.1 Å². The number of aliphatic imine (C=N–C) groups is 1. The summed E-state index contributed by atoms with van der Waals surface area (Å²) in [6.07, 6.45) is 1.38. The van der Waals surface area contributed by atoms with Crippen LogP contribution in [0.25, 0.3) is 11.3 Å². The number of carbonyl (C=O) groups is 2. The third-order valence-corrected chi connectivity index (χ3v) is 8.00. The predicted octanol–water partition coefficient (Wildman–Crippen LogP) is 6.25. The maximum Gasteiger partial charge on any atom is 0.407 e. The van der Waals surface area contributed by atoms with Gasteiger partial charge in [0.2, 0.25) is 5.95 Å². The highest BCUT2D eigenvalue weighted by Gasteiger charge is 2.31. The van der Waals surface area contributed by atoms with Gasteiger partial charge in [0.15, 0.2) is 0 Å². The highest BCUT2D eigenvalue weighted by Crippen LogP contribution is 2.34. The van der Waals surface area contributed by atoms with Crippen LogP contribution in [0, 0.1) is 5.82 Å². The number of anilines is 2. The number of amides is 2. The fraction of sp³-hybridized carbons (Fsp3) is 0.219. The lowest BCUT2D eigenvalue weighted by molar-refractivity contribution is 0.0469. The Morgan fingerprint density at radius 2 is 1.84 bits per heavy atom. The Morgan fingerprint density at radius 1 is 1.05 bits per heavy atom. The van der Waals surface area contributed by atoms with Crippen LogP contribution in [-0.2, 0) is 6.54 Å². The molecule has 11 heteroatoms. The number of nitrogens with one attached hydrogen (secondary N) is 1. The summed E-state index contributed by atoms with van der Waals surface area (Å²) in [5, 5.41) is 13.1. The van der Waals surface area contributed by atoms with E-state index in [4.69, 9.17) is 21.6 Å². The molecule has 9 nitrogen and oxygen atoms in total. The minimum atomic E-state index is -0.959. The van der Waals surface area contributed by atoms with Crippen molar-refractivity contribution in [2.75, 3.05) is 25.0 Å². The highest BCUT2D eigenvalue weighted by atomic mass is 35.5. The molecule has 1 unspecified atom stereocenters. The van der Waals surface area contributed by atoms with Gasteiger partial charge < -0.3 is 20.2 Å². The minimum absolute atomic E-state index is 0.141. The van der Waals surface area contributed by atoms with Gasteiger partial charge in [-0.3, -0.25) is 9.79 Å². The zero-order chi connectivity index (χ0) is 30.1. The number of fused-ring (bicyclic) bond motifs is 3. The van der Waals surface area contributed by atoms with Gasteiger partial charge in [0.1, 0.15) is 5.82 Å². The molecule has 0 radical (unpaired) electrons. The first-order chi connectivity index (χ1) is 20.8. The van der Waals surface area contributed by atoms with Crippen LogP contribution in [0.3, 0.4) is 0 Å². The number of carboxylic acid groups (broad SMARTS) is 1. The molecule has 1 aromatic heterocycles. The molecule has 0 aliphatic carbocycles. The quantitative estimate of drug-likeness (QED) is 0.281. The van der Waals surface area contributed by atoms with Gasteiger partial charge >= 0.3 is 6.09 Å². The summed E-state index contributed by atoms with van der Waals surface area (Å²) >= 11 is 6.36. The van der Waals surface area contributed by atoms with E-state index in [2.05, 4.69) is 10.3 Å². The van der Waals surface area contributed by atoms with Crippen molar-refractivity contribution in [2.24, 2.45) is 4.99 Å². The van der Waals surface area contributed by atoms with Gasteiger partial charge in [-0.15, -0.1) is 0 Å². The summed E-state index contributed by atoms with van der Waals surface area (Å²) in [5.41, 5.74) is 4.97. The van der Waals surface area contributed by atoms with Crippen molar-refractivity contribution >= 4 is 40.9 Å². The topological polar surface area (TPSA) is 111 Å². The summed E-state index contributed by atoms with van der Waals surface area (Å²) < 4.78 is 14.8. The largest absolute Gasteiger partial charge is 0.465 e. The minimum Gasteiger partial charge on any atom is -0.465 e. The van der Waals surface area contributed by atoms with E-state index >= 15 is 0 Å². The molecule has 1 fully saturated rings. The van der Waals surface area contributed by atoms with Gasteiger partial charge in [-0.1, -0.05) is 36.7 Å². The SMILES string of the molecule is CCC1CN(C(=O)c2ccc(Nc3ncc4c(n3)-c3ccc(Cl)cc3C(c3ccccc3F)=NC4)cc2)CCN1C(=O)O. The maximum atomic E-state index is 14.8. The molecule has 2 aliphatic heterocycles. The summed E-state index contributed by atoms with van der Waals surface area (Å²) in [6, 6.07) is 18.7. The zero-order valence-electron chi connectivity index (χ0n) is 23.3. The average Bonchev–Trinajstić information content (AvgIpc) is 3.17. The number of hydrogen-bond acceptors (Lipinski definition) is 6. The summed E-state index contributed by atoms with van der Waals surface area (Å²) in [6.45, 7) is 3.18. The molecule has 3 aromatic carbocycles. The molecule has 6 rings (SSSR count). The van der Waals surface area contributed by atoms with Crippen LogP contribution in [0.1, 0.15) is 40.4 Å². The fourth-order valence-electron chi connectivity index (χ4n) is 5.52. The standard InChI is InChI=1S/C32H28ClFN6O3/c1-2-23-18-39(13-14-40(23)32(42)43)30(41)19-7-10-22(11-8-19)37-31-36-17-20-16-35-29(25-5-3-4-6-27(25)34)26-15-21(33)9-12-24(26)28(20)38-31/h3-12,15,17,23H,2,13-14,16,18H2,1H3,(H,42,43)(H,36,37,38). The number of aromatic nitrogens is 2. The Hall–Kier alpha value is -4.83. The summed E-state index contributed by atoms with van der Waals surface area (Å²) in [7, 11) is 0. The van der Waals surface area contributed by atoms with E-state index in [1.54, 1.807) is 65.7 Å². The molecule has 2 amide bonds. The van der Waals surface area contributed by atoms with E-state index in [-0.39, 0.29) is 30.9 Å². The van der Waals surface area contributed by atoms with E-state index in [0.717, 1.165) is 11.1 Å². The van der Waals surface area contributed by atoms with E-state index in [1.807, 2.05) is 13.0 Å². The van der Waals surface area contributed by atoms with Crippen LogP contribution in [0.4, 0.5) is 20.8 Å². The van der Waals surface area contributed by atoms with E-state index < -0.39 is 6.09 Å². The van der Waals surface area contributed by atoms with Crippen molar-refractivity contribution < 1.29 is 19.1 Å². The molecule has 0 spiro atoms. The lowest BCUT2D eigenvalue weighted by atomic mass is 9.95. The fourth-order valence-corrected chi connectivity index (χ4v) is 5.69. The number of nitrogens with zero attached hydrogens (tertiary/aromatic N) is 5. The zero-order valence-corrected chi connectivity index (χ0v) is 24.1. The number of benzene rings is 3. The molecule has 3 heterocycles. The average molecular weight is 599 g/mol. The van der Waals surface area contributed by atoms with Gasteiger partial charge in [-0.25, -0.2) is 19.2 Å². The molecule has 218 valence electrons. The number of rotatable bonds is 5. The van der Waals surface area contributed by atoms with Crippen LogP contribution >= 0.6 is 11.6 Å². The van der Waals surface area contributed by atoms with Crippen molar-refractivity contribution in [3.8, 4) is 11.3 Å². The number of piperazine rings is 1. The molecule has 43 heavy (non-hydrogen) atoms. The van der Waals surface area contributed by atoms with Crippen molar-refractivity contribution in [1.29, 1.82) is 0 Å². The summed E-state index contributed by atoms with van der Waals surface area (Å²) in [4.78, 5) is 41.8. The maximum absolute atomic E-state index is 14.8. The number of halogens is 2. The normalized spacial score (nSPS) is 16.1. The van der Waals surface area contributed by atoms with Crippen LogP contribution in [-0.4, -0.2) is 68.3 Å². The van der Waals surface area contributed by atoms with Crippen LogP contribution in [0.5, 0.6) is 0 Å². The Morgan fingerprint density at radius 3 is 2.58 bits per heavy atom. The molecule has 0 saturated carbocycles. The lowest BCUT2D eigenvalue weighted by Crippen LogP contribution is -2.56. The molecule has 2 N–H and O–H groups in total. The van der Waals surface area contributed by atoms with Gasteiger partial charge in [0, 0.05) is 64.4 Å². The second-order valence-corrected chi connectivity index (χ2v) is 10.8. The van der Waals surface area contributed by atoms with Crippen molar-refractivity contribution in [3.05, 3.63) is 106 Å². The Bertz CT molecular complexity index is 1750. The molecule has 4 aromatic rings. The molecule has 1 saturated heterocycles. The van der Waals surface area contributed by atoms with Crippen molar-refractivity contribution in [3.63, 3.8) is 0 Å². The first kappa shape index (κ1) is 28.3. The van der Waals surface area contributed by atoms with Gasteiger partial charge in [0.25, 0.3) is 5.91 Å². The Labute approximate surface area is 252 Å². The smallest absolute Gasteiger partial charge is 0.407 e.